The summed E-state index contributed by atoms with van der Waals surface area (Å²) in [5, 5.41) is 1.05. The van der Waals surface area contributed by atoms with Crippen molar-refractivity contribution < 1.29 is 4.79 Å². The zero-order chi connectivity index (χ0) is 16.5. The van der Waals surface area contributed by atoms with Crippen LogP contribution in [0.1, 0.15) is 29.6 Å². The maximum atomic E-state index is 12.7. The monoisotopic (exact) mass is 320 g/mol. The van der Waals surface area contributed by atoms with Gasteiger partial charge in [0.2, 0.25) is 0 Å². The highest BCUT2D eigenvalue weighted by Gasteiger charge is 2.19. The van der Waals surface area contributed by atoms with Gasteiger partial charge in [-0.05, 0) is 43.5 Å². The van der Waals surface area contributed by atoms with Crippen LogP contribution in [-0.2, 0) is 7.05 Å². The average molecular weight is 320 g/mol. The number of piperidine rings is 1. The zero-order valence-electron chi connectivity index (χ0n) is 13.8. The third-order valence-corrected chi connectivity index (χ3v) is 4.69. The molecule has 0 N–H and O–H groups in total. The Balaban J connectivity index is 1.73. The SMILES string of the molecule is Cn1ccc2c(-c3cc(C(=O)N4CCCCC4)ccn3)ccnc21. The minimum atomic E-state index is 0.108. The summed E-state index contributed by atoms with van der Waals surface area (Å²) in [5.41, 5.74) is 3.45. The Hall–Kier alpha value is -2.69. The van der Waals surface area contributed by atoms with Gasteiger partial charge in [0.1, 0.15) is 5.65 Å². The van der Waals surface area contributed by atoms with E-state index in [9.17, 15) is 4.79 Å². The largest absolute Gasteiger partial charge is 0.339 e. The van der Waals surface area contributed by atoms with Crippen LogP contribution in [0, 0.1) is 0 Å². The molecule has 0 saturated carbocycles. The first-order valence-corrected chi connectivity index (χ1v) is 8.40. The van der Waals surface area contributed by atoms with Crippen LogP contribution < -0.4 is 0 Å². The van der Waals surface area contributed by atoms with Crippen LogP contribution in [-0.4, -0.2) is 38.4 Å². The lowest BCUT2D eigenvalue weighted by molar-refractivity contribution is 0.0724. The molecule has 0 unspecified atom stereocenters. The fourth-order valence-corrected chi connectivity index (χ4v) is 3.38. The van der Waals surface area contributed by atoms with Crippen LogP contribution in [0.15, 0.2) is 42.9 Å². The maximum Gasteiger partial charge on any atom is 0.253 e. The Bertz CT molecular complexity index is 893. The third-order valence-electron chi connectivity index (χ3n) is 4.69. The van der Waals surface area contributed by atoms with Crippen LogP contribution in [0.5, 0.6) is 0 Å². The second kappa shape index (κ2) is 6.07. The van der Waals surface area contributed by atoms with Crippen LogP contribution in [0.25, 0.3) is 22.3 Å². The van der Waals surface area contributed by atoms with Gasteiger partial charge in [-0.1, -0.05) is 0 Å². The second-order valence-corrected chi connectivity index (χ2v) is 6.31. The molecule has 1 fully saturated rings. The molecule has 24 heavy (non-hydrogen) atoms. The van der Waals surface area contributed by atoms with E-state index in [1.54, 1.807) is 12.4 Å². The number of likely N-dealkylation sites (tertiary alicyclic amines) is 1. The quantitative estimate of drug-likeness (QED) is 0.728. The van der Waals surface area contributed by atoms with Crippen molar-refractivity contribution in [3.05, 3.63) is 48.4 Å². The molecular weight excluding hydrogens is 300 g/mol. The van der Waals surface area contributed by atoms with Gasteiger partial charge in [0.15, 0.2) is 0 Å². The highest BCUT2D eigenvalue weighted by Crippen LogP contribution is 2.27. The zero-order valence-corrected chi connectivity index (χ0v) is 13.8. The summed E-state index contributed by atoms with van der Waals surface area (Å²) >= 11 is 0. The van der Waals surface area contributed by atoms with E-state index in [4.69, 9.17) is 0 Å². The first kappa shape index (κ1) is 14.9. The topological polar surface area (TPSA) is 51.0 Å². The van der Waals surface area contributed by atoms with Gasteiger partial charge in [-0.3, -0.25) is 9.78 Å². The highest BCUT2D eigenvalue weighted by atomic mass is 16.2. The molecular formula is C19H20N4O. The Kier molecular flexibility index (Phi) is 3.76. The molecule has 1 saturated heterocycles. The normalized spacial score (nSPS) is 15.0. The van der Waals surface area contributed by atoms with Crippen LogP contribution in [0.2, 0.25) is 0 Å². The van der Waals surface area contributed by atoms with Gasteiger partial charge in [0, 0.05) is 55.2 Å². The van der Waals surface area contributed by atoms with Gasteiger partial charge >= 0.3 is 0 Å². The van der Waals surface area contributed by atoms with Gasteiger partial charge in [-0.15, -0.1) is 0 Å². The number of amides is 1. The third kappa shape index (κ3) is 2.56. The van der Waals surface area contributed by atoms with E-state index >= 15 is 0 Å². The molecule has 0 atom stereocenters. The number of aromatic nitrogens is 3. The van der Waals surface area contributed by atoms with Crippen molar-refractivity contribution in [2.24, 2.45) is 7.05 Å². The van der Waals surface area contributed by atoms with Crippen molar-refractivity contribution in [2.75, 3.05) is 13.1 Å². The highest BCUT2D eigenvalue weighted by molar-refractivity contribution is 5.97. The number of hydrogen-bond acceptors (Lipinski definition) is 3. The van der Waals surface area contributed by atoms with Crippen LogP contribution in [0.4, 0.5) is 0 Å². The molecule has 122 valence electrons. The van der Waals surface area contributed by atoms with Crippen LogP contribution in [0.3, 0.4) is 0 Å². The summed E-state index contributed by atoms with van der Waals surface area (Å²) < 4.78 is 1.99. The van der Waals surface area contributed by atoms with Crippen molar-refractivity contribution >= 4 is 16.9 Å². The molecule has 3 aromatic heterocycles. The molecule has 1 amide bonds. The second-order valence-electron chi connectivity index (χ2n) is 6.31. The molecule has 4 heterocycles. The number of pyridine rings is 2. The number of carbonyl (C=O) groups excluding carboxylic acids is 1. The molecule has 5 nitrogen and oxygen atoms in total. The van der Waals surface area contributed by atoms with Gasteiger partial charge < -0.3 is 9.47 Å². The smallest absolute Gasteiger partial charge is 0.253 e. The molecule has 0 spiro atoms. The summed E-state index contributed by atoms with van der Waals surface area (Å²) in [7, 11) is 1.98. The number of rotatable bonds is 2. The first-order valence-electron chi connectivity index (χ1n) is 8.40. The van der Waals surface area contributed by atoms with E-state index in [0.29, 0.717) is 5.56 Å². The number of hydrogen-bond donors (Lipinski definition) is 0. The lowest BCUT2D eigenvalue weighted by Gasteiger charge is -2.26. The van der Waals surface area contributed by atoms with E-state index in [1.165, 1.54) is 6.42 Å². The molecule has 5 heteroatoms. The fraction of sp³-hybridized carbons (Fsp3) is 0.316. The van der Waals surface area contributed by atoms with Gasteiger partial charge in [-0.2, -0.15) is 0 Å². The van der Waals surface area contributed by atoms with E-state index in [-0.39, 0.29) is 5.91 Å². The maximum absolute atomic E-state index is 12.7. The van der Waals surface area contributed by atoms with E-state index in [0.717, 1.165) is 48.2 Å². The molecule has 3 aromatic rings. The van der Waals surface area contributed by atoms with Gasteiger partial charge in [-0.25, -0.2) is 4.98 Å². The molecule has 0 aromatic carbocycles. The Morgan fingerprint density at radius 3 is 2.67 bits per heavy atom. The minimum Gasteiger partial charge on any atom is -0.339 e. The number of fused-ring (bicyclic) bond motifs is 1. The van der Waals surface area contributed by atoms with Crippen molar-refractivity contribution in [1.29, 1.82) is 0 Å². The Morgan fingerprint density at radius 2 is 1.83 bits per heavy atom. The van der Waals surface area contributed by atoms with Crippen molar-refractivity contribution in [1.82, 2.24) is 19.4 Å². The molecule has 1 aliphatic heterocycles. The van der Waals surface area contributed by atoms with Crippen molar-refractivity contribution in [3.63, 3.8) is 0 Å². The van der Waals surface area contributed by atoms with Crippen molar-refractivity contribution in [3.8, 4) is 11.3 Å². The van der Waals surface area contributed by atoms with Gasteiger partial charge in [0.25, 0.3) is 5.91 Å². The molecule has 1 aliphatic rings. The molecule has 0 bridgehead atoms. The van der Waals surface area contributed by atoms with E-state index in [1.807, 2.05) is 47.0 Å². The predicted octanol–water partition coefficient (Wildman–Crippen LogP) is 3.26. The lowest BCUT2D eigenvalue weighted by Crippen LogP contribution is -2.35. The summed E-state index contributed by atoms with van der Waals surface area (Å²) in [6.45, 7) is 1.71. The minimum absolute atomic E-state index is 0.108. The van der Waals surface area contributed by atoms with Gasteiger partial charge in [0.05, 0.1) is 5.69 Å². The standard InChI is InChI=1S/C19H20N4O/c1-22-12-7-16-15(6-9-21-18(16)22)17-13-14(5-8-20-17)19(24)23-10-3-2-4-11-23/h5-9,12-13H,2-4,10-11H2,1H3. The molecule has 0 aliphatic carbocycles. The van der Waals surface area contributed by atoms with Crippen molar-refractivity contribution in [2.45, 2.75) is 19.3 Å². The summed E-state index contributed by atoms with van der Waals surface area (Å²) in [6, 6.07) is 7.71. The summed E-state index contributed by atoms with van der Waals surface area (Å²) in [5.74, 6) is 0.108. The Morgan fingerprint density at radius 1 is 1.04 bits per heavy atom. The van der Waals surface area contributed by atoms with Crippen LogP contribution >= 0.6 is 0 Å². The number of aryl methyl sites for hydroxylation is 1. The van der Waals surface area contributed by atoms with E-state index in [2.05, 4.69) is 9.97 Å². The lowest BCUT2D eigenvalue weighted by atomic mass is 10.1. The Labute approximate surface area is 140 Å². The summed E-state index contributed by atoms with van der Waals surface area (Å²) in [4.78, 5) is 23.6. The van der Waals surface area contributed by atoms with E-state index < -0.39 is 0 Å². The number of nitrogens with zero attached hydrogens (tertiary/aromatic N) is 4. The predicted molar refractivity (Wildman–Crippen MR) is 93.7 cm³/mol. The summed E-state index contributed by atoms with van der Waals surface area (Å²) in [6.07, 6.45) is 8.91. The fourth-order valence-electron chi connectivity index (χ4n) is 3.38. The number of carbonyl (C=O) groups is 1. The molecule has 0 radical (unpaired) electrons. The molecule has 4 rings (SSSR count). The average Bonchev–Trinajstić information content (AvgIpc) is 3.03. The first-order chi connectivity index (χ1) is 11.7.